The highest BCUT2D eigenvalue weighted by molar-refractivity contribution is 5.97. The third kappa shape index (κ3) is 4.21. The number of anilines is 1. The normalized spacial score (nSPS) is 16.9. The fourth-order valence-corrected chi connectivity index (χ4v) is 2.44. The molecule has 1 aliphatic carbocycles. The van der Waals surface area contributed by atoms with Crippen molar-refractivity contribution in [1.82, 2.24) is 0 Å². The Kier molecular flexibility index (Phi) is 5.80. The van der Waals surface area contributed by atoms with E-state index in [1.165, 1.54) is 0 Å². The molecule has 1 fully saturated rings. The second-order valence-corrected chi connectivity index (χ2v) is 5.63. The summed E-state index contributed by atoms with van der Waals surface area (Å²) in [6.45, 7) is 5.39. The summed E-state index contributed by atoms with van der Waals surface area (Å²) in [6.07, 6.45) is 2.10. The quantitative estimate of drug-likeness (QED) is 0.713. The van der Waals surface area contributed by atoms with Gasteiger partial charge in [0, 0.05) is 19.4 Å². The predicted molar refractivity (Wildman–Crippen MR) is 85.2 cm³/mol. The van der Waals surface area contributed by atoms with Gasteiger partial charge < -0.3 is 19.5 Å². The van der Waals surface area contributed by atoms with E-state index < -0.39 is 5.60 Å². The van der Waals surface area contributed by atoms with Gasteiger partial charge in [0.1, 0.15) is 18.0 Å². The molecule has 0 aromatic heterocycles. The first-order valence-electron chi connectivity index (χ1n) is 7.77. The molecule has 0 radical (unpaired) electrons. The molecule has 0 saturated heterocycles. The van der Waals surface area contributed by atoms with Gasteiger partial charge in [0.05, 0.1) is 6.61 Å². The van der Waals surface area contributed by atoms with Crippen LogP contribution in [0, 0.1) is 5.92 Å². The van der Waals surface area contributed by atoms with Crippen molar-refractivity contribution < 1.29 is 19.0 Å². The molecule has 1 aromatic carbocycles. The molecule has 0 spiro atoms. The molecule has 1 amide bonds. The first kappa shape index (κ1) is 16.8. The maximum atomic E-state index is 12.5. The largest absolute Gasteiger partial charge is 0.491 e. The lowest BCUT2D eigenvalue weighted by molar-refractivity contribution is -0.141. The number of benzene rings is 1. The minimum Gasteiger partial charge on any atom is -0.491 e. The summed E-state index contributed by atoms with van der Waals surface area (Å²) in [7, 11) is 1.64. The lowest BCUT2D eigenvalue weighted by Gasteiger charge is -2.28. The summed E-state index contributed by atoms with van der Waals surface area (Å²) < 4.78 is 16.2. The van der Waals surface area contributed by atoms with Crippen LogP contribution >= 0.6 is 0 Å². The number of hydrogen-bond donors (Lipinski definition) is 1. The number of rotatable bonds is 9. The van der Waals surface area contributed by atoms with Crippen molar-refractivity contribution in [2.45, 2.75) is 32.3 Å². The molecule has 22 heavy (non-hydrogen) atoms. The van der Waals surface area contributed by atoms with Crippen LogP contribution < -0.4 is 10.1 Å². The monoisotopic (exact) mass is 307 g/mol. The standard InChI is InChI=1S/C17H25NO4/c1-4-22-17(2,13-5-6-13)16(19)18-14-7-9-15(10-8-14)21-12-11-20-3/h7-10,13H,4-6,11-12H2,1-3H3,(H,18,19)/t17-/m0/s1. The van der Waals surface area contributed by atoms with E-state index in [0.717, 1.165) is 24.3 Å². The average molecular weight is 307 g/mol. The molecule has 1 aromatic rings. The highest BCUT2D eigenvalue weighted by Gasteiger charge is 2.48. The van der Waals surface area contributed by atoms with Gasteiger partial charge in [0.15, 0.2) is 0 Å². The Morgan fingerprint density at radius 1 is 1.27 bits per heavy atom. The van der Waals surface area contributed by atoms with Gasteiger partial charge in [-0.3, -0.25) is 4.79 Å². The molecule has 0 aliphatic heterocycles. The third-order valence-corrected chi connectivity index (χ3v) is 3.92. The minimum absolute atomic E-state index is 0.0788. The van der Waals surface area contributed by atoms with Crippen molar-refractivity contribution in [2.24, 2.45) is 5.92 Å². The van der Waals surface area contributed by atoms with Crippen molar-refractivity contribution >= 4 is 11.6 Å². The summed E-state index contributed by atoms with van der Waals surface area (Å²) >= 11 is 0. The van der Waals surface area contributed by atoms with Crippen molar-refractivity contribution in [2.75, 3.05) is 32.2 Å². The van der Waals surface area contributed by atoms with E-state index in [2.05, 4.69) is 5.32 Å². The van der Waals surface area contributed by atoms with Gasteiger partial charge in [-0.2, -0.15) is 0 Å². The van der Waals surface area contributed by atoms with Gasteiger partial charge in [-0.05, 0) is 56.9 Å². The molecule has 2 rings (SSSR count). The smallest absolute Gasteiger partial charge is 0.256 e. The van der Waals surface area contributed by atoms with Crippen LogP contribution in [0.4, 0.5) is 5.69 Å². The third-order valence-electron chi connectivity index (χ3n) is 3.92. The Morgan fingerprint density at radius 3 is 2.50 bits per heavy atom. The van der Waals surface area contributed by atoms with Crippen LogP contribution in [0.2, 0.25) is 0 Å². The molecular weight excluding hydrogens is 282 g/mol. The molecule has 0 heterocycles. The molecule has 0 bridgehead atoms. The Labute approximate surface area is 131 Å². The van der Waals surface area contributed by atoms with E-state index in [4.69, 9.17) is 14.2 Å². The van der Waals surface area contributed by atoms with E-state index in [1.54, 1.807) is 7.11 Å². The van der Waals surface area contributed by atoms with Gasteiger partial charge in [-0.15, -0.1) is 0 Å². The van der Waals surface area contributed by atoms with E-state index in [9.17, 15) is 4.79 Å². The van der Waals surface area contributed by atoms with Gasteiger partial charge in [-0.25, -0.2) is 0 Å². The van der Waals surface area contributed by atoms with E-state index in [-0.39, 0.29) is 5.91 Å². The van der Waals surface area contributed by atoms with Crippen LogP contribution in [0.5, 0.6) is 5.75 Å². The molecule has 122 valence electrons. The Hall–Kier alpha value is -1.59. The van der Waals surface area contributed by atoms with Gasteiger partial charge in [-0.1, -0.05) is 0 Å². The number of nitrogens with one attached hydrogen (secondary N) is 1. The first-order chi connectivity index (χ1) is 10.6. The summed E-state index contributed by atoms with van der Waals surface area (Å²) in [4.78, 5) is 12.5. The maximum absolute atomic E-state index is 12.5. The molecule has 1 saturated carbocycles. The highest BCUT2D eigenvalue weighted by atomic mass is 16.5. The van der Waals surface area contributed by atoms with Crippen molar-refractivity contribution in [3.05, 3.63) is 24.3 Å². The summed E-state index contributed by atoms with van der Waals surface area (Å²) in [5.74, 6) is 0.999. The maximum Gasteiger partial charge on any atom is 0.256 e. The zero-order valence-electron chi connectivity index (χ0n) is 13.6. The predicted octanol–water partition coefficient (Wildman–Crippen LogP) is 2.86. The second-order valence-electron chi connectivity index (χ2n) is 5.63. The van der Waals surface area contributed by atoms with E-state index >= 15 is 0 Å². The SMILES string of the molecule is CCO[C@](C)(C(=O)Nc1ccc(OCCOC)cc1)C1CC1. The number of carbonyl (C=O) groups is 1. The Morgan fingerprint density at radius 2 is 1.95 bits per heavy atom. The number of amides is 1. The molecule has 1 atom stereocenters. The van der Waals surface area contributed by atoms with Crippen LogP contribution in [0.25, 0.3) is 0 Å². The highest BCUT2D eigenvalue weighted by Crippen LogP contribution is 2.42. The summed E-state index contributed by atoms with van der Waals surface area (Å²) in [6, 6.07) is 7.33. The van der Waals surface area contributed by atoms with Crippen molar-refractivity contribution in [3.63, 3.8) is 0 Å². The molecular formula is C17H25NO4. The molecule has 1 N–H and O–H groups in total. The van der Waals surface area contributed by atoms with Crippen LogP contribution in [0.15, 0.2) is 24.3 Å². The first-order valence-corrected chi connectivity index (χ1v) is 7.77. The summed E-state index contributed by atoms with van der Waals surface area (Å²) in [5.41, 5.74) is 0.0122. The number of methoxy groups -OCH3 is 1. The van der Waals surface area contributed by atoms with Crippen LogP contribution in [0.3, 0.4) is 0 Å². The number of carbonyl (C=O) groups excluding carboxylic acids is 1. The average Bonchev–Trinajstić information content (AvgIpc) is 3.34. The number of hydrogen-bond acceptors (Lipinski definition) is 4. The van der Waals surface area contributed by atoms with E-state index in [1.807, 2.05) is 38.1 Å². The molecule has 5 heteroatoms. The minimum atomic E-state index is -0.734. The lowest BCUT2D eigenvalue weighted by atomic mass is 9.99. The van der Waals surface area contributed by atoms with Crippen molar-refractivity contribution in [3.8, 4) is 5.75 Å². The summed E-state index contributed by atoms with van der Waals surface area (Å²) in [5, 5.41) is 2.94. The van der Waals surface area contributed by atoms with Gasteiger partial charge >= 0.3 is 0 Å². The zero-order chi connectivity index (χ0) is 16.0. The van der Waals surface area contributed by atoms with E-state index in [0.29, 0.717) is 25.7 Å². The van der Waals surface area contributed by atoms with Crippen LogP contribution in [-0.2, 0) is 14.3 Å². The van der Waals surface area contributed by atoms with Crippen molar-refractivity contribution in [1.29, 1.82) is 0 Å². The lowest BCUT2D eigenvalue weighted by Crippen LogP contribution is -2.44. The van der Waals surface area contributed by atoms with Gasteiger partial charge in [0.2, 0.25) is 0 Å². The van der Waals surface area contributed by atoms with Crippen LogP contribution in [0.1, 0.15) is 26.7 Å². The zero-order valence-corrected chi connectivity index (χ0v) is 13.6. The topological polar surface area (TPSA) is 56.8 Å². The Balaban J connectivity index is 1.93. The van der Waals surface area contributed by atoms with Crippen LogP contribution in [-0.4, -0.2) is 38.4 Å². The fraction of sp³-hybridized carbons (Fsp3) is 0.588. The fourth-order valence-electron chi connectivity index (χ4n) is 2.44. The molecule has 0 unspecified atom stereocenters. The molecule has 5 nitrogen and oxygen atoms in total. The second kappa shape index (κ2) is 7.61. The van der Waals surface area contributed by atoms with Gasteiger partial charge in [0.25, 0.3) is 5.91 Å². The number of ether oxygens (including phenoxy) is 3. The Bertz CT molecular complexity index is 484. The molecule has 1 aliphatic rings.